The highest BCUT2D eigenvalue weighted by atomic mass is 15.1. The van der Waals surface area contributed by atoms with Crippen LogP contribution in [0.15, 0.2) is 103 Å². The molecule has 6 aromatic carbocycles. The minimum Gasteiger partial charge on any atom is -0.376 e. The molecule has 3 heterocycles. The predicted octanol–water partition coefficient (Wildman–Crippen LogP) is 12.4. The van der Waals surface area contributed by atoms with Crippen LogP contribution < -0.4 is 15.7 Å². The van der Waals surface area contributed by atoms with Crippen LogP contribution in [0.4, 0.5) is 11.4 Å². The average molecular weight is 693 g/mol. The highest BCUT2D eigenvalue weighted by Gasteiger charge is 2.45. The molecule has 0 saturated heterocycles. The maximum atomic E-state index is 2.68. The highest BCUT2D eigenvalue weighted by molar-refractivity contribution is 6.94. The first-order valence-electron chi connectivity index (χ1n) is 19.6. The van der Waals surface area contributed by atoms with Crippen LogP contribution in [0.2, 0.25) is 0 Å². The quantitative estimate of drug-likeness (QED) is 0.156. The molecule has 2 aliphatic rings. The first-order chi connectivity index (χ1) is 24.8. The van der Waals surface area contributed by atoms with Gasteiger partial charge >= 0.3 is 6.85 Å². The summed E-state index contributed by atoms with van der Waals surface area (Å²) in [7, 11) is 0. The van der Waals surface area contributed by atoms with E-state index in [1.807, 2.05) is 0 Å². The second kappa shape index (κ2) is 10.9. The van der Waals surface area contributed by atoms with E-state index >= 15 is 0 Å². The van der Waals surface area contributed by atoms with Gasteiger partial charge in [-0.1, -0.05) is 138 Å². The zero-order chi connectivity index (χ0) is 37.6. The Morgan fingerprint density at radius 1 is 0.472 bits per heavy atom. The van der Waals surface area contributed by atoms with Crippen molar-refractivity contribution in [2.24, 2.45) is 0 Å². The predicted molar refractivity (Wildman–Crippen MR) is 232 cm³/mol. The molecule has 7 aromatic rings. The minimum absolute atomic E-state index is 0.0122. The Labute approximate surface area is 316 Å². The summed E-state index contributed by atoms with van der Waals surface area (Å²) < 4.78 is 2.65. The monoisotopic (exact) mass is 692 g/mol. The summed E-state index contributed by atoms with van der Waals surface area (Å²) in [5.41, 5.74) is 17.5. The molecule has 0 aliphatic carbocycles. The normalized spacial score (nSPS) is 14.3. The first-order valence-corrected chi connectivity index (χ1v) is 19.6. The topological polar surface area (TPSA) is 8.17 Å². The van der Waals surface area contributed by atoms with E-state index in [-0.39, 0.29) is 28.5 Å². The summed E-state index contributed by atoms with van der Waals surface area (Å²) in [5, 5.41) is 5.28. The zero-order valence-electron chi connectivity index (χ0n) is 33.8. The van der Waals surface area contributed by atoms with Crippen LogP contribution in [0.25, 0.3) is 49.4 Å². The van der Waals surface area contributed by atoms with Crippen molar-refractivity contribution >= 4 is 61.7 Å². The second-order valence-corrected chi connectivity index (χ2v) is 20.0. The summed E-state index contributed by atoms with van der Waals surface area (Å²) in [4.78, 5) is 2.68. The number of hydrogen-bond acceptors (Lipinski definition) is 1. The molecular formula is C50H53BN2. The van der Waals surface area contributed by atoms with Gasteiger partial charge in [0.15, 0.2) is 0 Å². The number of hydrogen-bond donors (Lipinski definition) is 0. The molecule has 0 fully saturated rings. The molecule has 1 aromatic heterocycles. The summed E-state index contributed by atoms with van der Waals surface area (Å²) in [6.45, 7) is 28.0. The number of aromatic nitrogens is 1. The number of anilines is 2. The van der Waals surface area contributed by atoms with E-state index in [1.165, 1.54) is 93.9 Å². The number of rotatable bonds is 1. The van der Waals surface area contributed by atoms with Gasteiger partial charge in [-0.25, -0.2) is 0 Å². The van der Waals surface area contributed by atoms with Gasteiger partial charge in [0, 0.05) is 33.1 Å². The lowest BCUT2D eigenvalue weighted by Crippen LogP contribution is -2.61. The third kappa shape index (κ3) is 5.06. The first kappa shape index (κ1) is 34.0. The van der Waals surface area contributed by atoms with Crippen molar-refractivity contribution in [3.05, 3.63) is 125 Å². The minimum atomic E-state index is -0.0272. The lowest BCUT2D eigenvalue weighted by molar-refractivity contribution is 0.590. The Hall–Kier alpha value is -4.76. The van der Waals surface area contributed by atoms with E-state index in [1.54, 1.807) is 0 Å². The van der Waals surface area contributed by atoms with Gasteiger partial charge in [0.25, 0.3) is 0 Å². The number of benzene rings is 6. The molecule has 0 atom stereocenters. The van der Waals surface area contributed by atoms with Crippen LogP contribution in [-0.4, -0.2) is 11.4 Å². The van der Waals surface area contributed by atoms with E-state index < -0.39 is 0 Å². The van der Waals surface area contributed by atoms with Crippen molar-refractivity contribution in [1.82, 2.24) is 4.57 Å². The lowest BCUT2D eigenvalue weighted by Gasteiger charge is -2.43. The SMILES string of the molecule is CC(C)(C)c1ccc(N2B3c4c(cc5ccccc5c4-n4c5ccc(C(C)(C)C)cc5c5cc(C(C)(C)C)cc3c54)-c3cc(C(C)(C)C)ccc32)cc1. The van der Waals surface area contributed by atoms with Gasteiger partial charge in [0.05, 0.1) is 16.7 Å². The molecule has 0 amide bonds. The summed E-state index contributed by atoms with van der Waals surface area (Å²) in [5.74, 6) is 0. The van der Waals surface area contributed by atoms with Crippen LogP contribution >= 0.6 is 0 Å². The molecule has 0 radical (unpaired) electrons. The number of fused-ring (bicyclic) bond motifs is 9. The molecule has 266 valence electrons. The van der Waals surface area contributed by atoms with Crippen molar-refractivity contribution in [3.63, 3.8) is 0 Å². The maximum absolute atomic E-state index is 2.68. The molecule has 2 nitrogen and oxygen atoms in total. The fourth-order valence-electron chi connectivity index (χ4n) is 9.01. The Bertz CT molecular complexity index is 2640. The van der Waals surface area contributed by atoms with Gasteiger partial charge in [-0.15, -0.1) is 0 Å². The smallest absolute Gasteiger partial charge is 0.333 e. The van der Waals surface area contributed by atoms with Gasteiger partial charge in [0.1, 0.15) is 0 Å². The van der Waals surface area contributed by atoms with Crippen molar-refractivity contribution in [1.29, 1.82) is 0 Å². The summed E-state index contributed by atoms with van der Waals surface area (Å²) in [6, 6.07) is 40.6. The Morgan fingerprint density at radius 2 is 1.06 bits per heavy atom. The maximum Gasteiger partial charge on any atom is 0.333 e. The molecule has 2 aliphatic heterocycles. The van der Waals surface area contributed by atoms with Crippen LogP contribution in [0.5, 0.6) is 0 Å². The molecule has 0 N–H and O–H groups in total. The van der Waals surface area contributed by atoms with Gasteiger partial charge in [0.2, 0.25) is 0 Å². The van der Waals surface area contributed by atoms with Crippen molar-refractivity contribution < 1.29 is 0 Å². The standard InChI is InChI=1S/C50H53BN2/c1-47(2,3)31-17-21-35(22-18-31)53-43-24-20-33(49(7,8)9)26-37(43)39-25-30-15-13-14-16-36(30)46-44(39)51(53)41-29-34(50(10,11)12)28-40-38-27-32(48(4,5)6)19-23-42(38)52(46)45(40)41/h13-29H,1-12H3. The Balaban J connectivity index is 1.50. The molecule has 3 heteroatoms. The largest absolute Gasteiger partial charge is 0.376 e. The van der Waals surface area contributed by atoms with Gasteiger partial charge < -0.3 is 9.38 Å². The van der Waals surface area contributed by atoms with Crippen LogP contribution in [0.3, 0.4) is 0 Å². The molecule has 9 rings (SSSR count). The van der Waals surface area contributed by atoms with Gasteiger partial charge in [-0.2, -0.15) is 0 Å². The van der Waals surface area contributed by atoms with Crippen LogP contribution in [-0.2, 0) is 21.7 Å². The third-order valence-electron chi connectivity index (χ3n) is 12.2. The zero-order valence-corrected chi connectivity index (χ0v) is 33.8. The van der Waals surface area contributed by atoms with Gasteiger partial charge in [-0.05, 0) is 114 Å². The lowest BCUT2D eigenvalue weighted by atomic mass is 9.43. The Kier molecular flexibility index (Phi) is 7.01. The molecule has 53 heavy (non-hydrogen) atoms. The number of nitrogens with zero attached hydrogens (tertiary/aromatic N) is 2. The molecule has 0 bridgehead atoms. The molecule has 0 unspecified atom stereocenters. The fourth-order valence-corrected chi connectivity index (χ4v) is 9.01. The van der Waals surface area contributed by atoms with Gasteiger partial charge in [-0.3, -0.25) is 0 Å². The molecular weight excluding hydrogens is 639 g/mol. The molecule has 0 saturated carbocycles. The highest BCUT2D eigenvalue weighted by Crippen LogP contribution is 2.48. The van der Waals surface area contributed by atoms with E-state index in [4.69, 9.17) is 0 Å². The van der Waals surface area contributed by atoms with E-state index in [0.717, 1.165) is 0 Å². The van der Waals surface area contributed by atoms with Crippen LogP contribution in [0, 0.1) is 0 Å². The second-order valence-electron chi connectivity index (χ2n) is 20.0. The molecule has 0 spiro atoms. The van der Waals surface area contributed by atoms with Crippen molar-refractivity contribution in [2.45, 2.75) is 105 Å². The van der Waals surface area contributed by atoms with Crippen molar-refractivity contribution in [2.75, 3.05) is 4.81 Å². The third-order valence-corrected chi connectivity index (χ3v) is 12.2. The van der Waals surface area contributed by atoms with E-state index in [2.05, 4.69) is 196 Å². The fraction of sp³-hybridized carbons (Fsp3) is 0.320. The summed E-state index contributed by atoms with van der Waals surface area (Å²) >= 11 is 0. The average Bonchev–Trinajstić information content (AvgIpc) is 3.42. The van der Waals surface area contributed by atoms with Crippen molar-refractivity contribution in [3.8, 4) is 16.8 Å². The summed E-state index contributed by atoms with van der Waals surface area (Å²) in [6.07, 6.45) is 0. The van der Waals surface area contributed by atoms with Crippen LogP contribution in [0.1, 0.15) is 105 Å². The Morgan fingerprint density at radius 3 is 1.72 bits per heavy atom. The van der Waals surface area contributed by atoms with E-state index in [9.17, 15) is 0 Å². The van der Waals surface area contributed by atoms with E-state index in [0.29, 0.717) is 0 Å².